The van der Waals surface area contributed by atoms with E-state index in [-0.39, 0.29) is 5.91 Å². The van der Waals surface area contributed by atoms with Gasteiger partial charge in [-0.25, -0.2) is 4.79 Å². The maximum absolute atomic E-state index is 11.4. The number of hydrogen-bond acceptors (Lipinski definition) is 4. The fourth-order valence-corrected chi connectivity index (χ4v) is 1.80. The van der Waals surface area contributed by atoms with Gasteiger partial charge in [-0.05, 0) is 30.7 Å². The molecule has 19 heavy (non-hydrogen) atoms. The number of oxazole rings is 1. The third-order valence-electron chi connectivity index (χ3n) is 2.75. The summed E-state index contributed by atoms with van der Waals surface area (Å²) in [6, 6.07) is 5.50. The molecule has 3 N–H and O–H groups in total. The molecule has 0 unspecified atom stereocenters. The largest absolute Gasteiger partial charge is 0.417 e. The van der Waals surface area contributed by atoms with E-state index in [1.165, 1.54) is 0 Å². The molecule has 2 aromatic rings. The maximum Gasteiger partial charge on any atom is 0.417 e. The van der Waals surface area contributed by atoms with E-state index >= 15 is 0 Å². The van der Waals surface area contributed by atoms with Crippen LogP contribution in [0.15, 0.2) is 27.4 Å². The average molecular weight is 263 g/mol. The number of fused-ring (bicyclic) bond motifs is 1. The standard InChI is InChI=1S/C13H17N3O3/c1-2-14-8-12(17)15-6-5-9-3-4-11-10(7-9)16-13(18)19-11/h3-4,7,14H,2,5-6,8H2,1H3,(H,15,17)(H,16,18). The lowest BCUT2D eigenvalue weighted by molar-refractivity contribution is -0.120. The fourth-order valence-electron chi connectivity index (χ4n) is 1.80. The minimum absolute atomic E-state index is 0.0142. The average Bonchev–Trinajstić information content (AvgIpc) is 2.75. The molecule has 2 rings (SSSR count). The predicted octanol–water partition coefficient (Wildman–Crippen LogP) is 0.389. The number of H-pyrrole nitrogens is 1. The summed E-state index contributed by atoms with van der Waals surface area (Å²) in [5, 5.41) is 5.78. The van der Waals surface area contributed by atoms with E-state index in [1.807, 2.05) is 19.1 Å². The Labute approximate surface area is 110 Å². The number of aromatic amines is 1. The highest BCUT2D eigenvalue weighted by Crippen LogP contribution is 2.12. The van der Waals surface area contributed by atoms with Crippen molar-refractivity contribution in [3.8, 4) is 0 Å². The van der Waals surface area contributed by atoms with Gasteiger partial charge in [-0.3, -0.25) is 9.78 Å². The number of nitrogens with one attached hydrogen (secondary N) is 3. The van der Waals surface area contributed by atoms with Gasteiger partial charge in [0.25, 0.3) is 0 Å². The maximum atomic E-state index is 11.4. The number of rotatable bonds is 6. The van der Waals surface area contributed by atoms with Gasteiger partial charge < -0.3 is 15.1 Å². The molecule has 1 aromatic carbocycles. The molecule has 0 radical (unpaired) electrons. The summed E-state index contributed by atoms with van der Waals surface area (Å²) in [5.41, 5.74) is 2.26. The van der Waals surface area contributed by atoms with Gasteiger partial charge in [0, 0.05) is 6.54 Å². The van der Waals surface area contributed by atoms with Crippen LogP contribution in [0.1, 0.15) is 12.5 Å². The molecule has 1 aromatic heterocycles. The SMILES string of the molecule is CCNCC(=O)NCCc1ccc2oc(=O)[nH]c2c1. The topological polar surface area (TPSA) is 87.1 Å². The van der Waals surface area contributed by atoms with Crippen molar-refractivity contribution in [3.63, 3.8) is 0 Å². The second kappa shape index (κ2) is 6.19. The van der Waals surface area contributed by atoms with Gasteiger partial charge in [0.1, 0.15) is 0 Å². The van der Waals surface area contributed by atoms with E-state index in [1.54, 1.807) is 6.07 Å². The van der Waals surface area contributed by atoms with Gasteiger partial charge in [0.15, 0.2) is 5.58 Å². The van der Waals surface area contributed by atoms with E-state index < -0.39 is 5.76 Å². The zero-order chi connectivity index (χ0) is 13.7. The van der Waals surface area contributed by atoms with Crippen molar-refractivity contribution >= 4 is 17.0 Å². The van der Waals surface area contributed by atoms with Gasteiger partial charge in [0.05, 0.1) is 12.1 Å². The Hall–Kier alpha value is -2.08. The second-order valence-corrected chi connectivity index (χ2v) is 4.23. The number of amides is 1. The molecule has 1 amide bonds. The summed E-state index contributed by atoms with van der Waals surface area (Å²) in [6.07, 6.45) is 0.709. The quantitative estimate of drug-likeness (QED) is 0.703. The number of aromatic nitrogens is 1. The van der Waals surface area contributed by atoms with Crippen molar-refractivity contribution in [1.29, 1.82) is 0 Å². The smallest absolute Gasteiger partial charge is 0.408 e. The van der Waals surface area contributed by atoms with Crippen LogP contribution in [0.4, 0.5) is 0 Å². The normalized spacial score (nSPS) is 10.8. The summed E-state index contributed by atoms with van der Waals surface area (Å²) >= 11 is 0. The van der Waals surface area contributed by atoms with Crippen molar-refractivity contribution in [2.75, 3.05) is 19.6 Å². The number of carbonyl (C=O) groups is 1. The summed E-state index contributed by atoms with van der Waals surface area (Å²) in [5.74, 6) is -0.467. The molecule has 0 spiro atoms. The van der Waals surface area contributed by atoms with E-state index in [4.69, 9.17) is 4.42 Å². The van der Waals surface area contributed by atoms with Crippen molar-refractivity contribution < 1.29 is 9.21 Å². The lowest BCUT2D eigenvalue weighted by atomic mass is 10.1. The van der Waals surface area contributed by atoms with Crippen molar-refractivity contribution in [2.45, 2.75) is 13.3 Å². The molecule has 6 nitrogen and oxygen atoms in total. The highest BCUT2D eigenvalue weighted by atomic mass is 16.4. The Bertz CT molecular complexity index is 615. The van der Waals surface area contributed by atoms with Crippen LogP contribution in [0, 0.1) is 0 Å². The Morgan fingerprint density at radius 1 is 1.42 bits per heavy atom. The molecular weight excluding hydrogens is 246 g/mol. The summed E-state index contributed by atoms with van der Waals surface area (Å²) < 4.78 is 4.92. The Balaban J connectivity index is 1.87. The van der Waals surface area contributed by atoms with Crippen LogP contribution in [-0.2, 0) is 11.2 Å². The predicted molar refractivity (Wildman–Crippen MR) is 72.1 cm³/mol. The van der Waals surface area contributed by atoms with Crippen molar-refractivity contribution in [1.82, 2.24) is 15.6 Å². The third kappa shape index (κ3) is 3.69. The lowest BCUT2D eigenvalue weighted by Crippen LogP contribution is -2.34. The van der Waals surface area contributed by atoms with Gasteiger partial charge in [-0.2, -0.15) is 0 Å². The molecule has 0 saturated carbocycles. The number of hydrogen-bond donors (Lipinski definition) is 3. The molecule has 6 heteroatoms. The van der Waals surface area contributed by atoms with E-state index in [9.17, 15) is 9.59 Å². The molecule has 0 aliphatic rings. The van der Waals surface area contributed by atoms with Crippen LogP contribution in [0.2, 0.25) is 0 Å². The minimum Gasteiger partial charge on any atom is -0.408 e. The summed E-state index contributed by atoms with van der Waals surface area (Å²) in [6.45, 7) is 3.63. The van der Waals surface area contributed by atoms with E-state index in [2.05, 4.69) is 15.6 Å². The lowest BCUT2D eigenvalue weighted by Gasteiger charge is -2.05. The summed E-state index contributed by atoms with van der Waals surface area (Å²) in [7, 11) is 0. The Kier molecular flexibility index (Phi) is 4.35. The highest BCUT2D eigenvalue weighted by Gasteiger charge is 2.03. The zero-order valence-electron chi connectivity index (χ0n) is 10.8. The first kappa shape index (κ1) is 13.4. The van der Waals surface area contributed by atoms with Crippen LogP contribution in [-0.4, -0.2) is 30.5 Å². The Morgan fingerprint density at radius 3 is 3.05 bits per heavy atom. The van der Waals surface area contributed by atoms with Gasteiger partial charge >= 0.3 is 5.76 Å². The van der Waals surface area contributed by atoms with E-state index in [0.29, 0.717) is 30.6 Å². The van der Waals surface area contributed by atoms with Crippen LogP contribution < -0.4 is 16.4 Å². The number of benzene rings is 1. The first-order valence-corrected chi connectivity index (χ1v) is 6.28. The van der Waals surface area contributed by atoms with E-state index in [0.717, 1.165) is 12.1 Å². The van der Waals surface area contributed by atoms with Crippen LogP contribution in [0.5, 0.6) is 0 Å². The third-order valence-corrected chi connectivity index (χ3v) is 2.75. The molecule has 0 aliphatic carbocycles. The van der Waals surface area contributed by atoms with Crippen molar-refractivity contribution in [3.05, 3.63) is 34.3 Å². The molecule has 0 fully saturated rings. The zero-order valence-corrected chi connectivity index (χ0v) is 10.8. The monoisotopic (exact) mass is 263 g/mol. The number of carbonyl (C=O) groups excluding carboxylic acids is 1. The van der Waals surface area contributed by atoms with Gasteiger partial charge in [-0.1, -0.05) is 13.0 Å². The first-order chi connectivity index (χ1) is 9.19. The molecule has 0 aliphatic heterocycles. The summed E-state index contributed by atoms with van der Waals surface area (Å²) in [4.78, 5) is 25.0. The number of likely N-dealkylation sites (N-methyl/N-ethyl adjacent to an activating group) is 1. The van der Waals surface area contributed by atoms with Crippen molar-refractivity contribution in [2.24, 2.45) is 0 Å². The second-order valence-electron chi connectivity index (χ2n) is 4.23. The van der Waals surface area contributed by atoms with Gasteiger partial charge in [-0.15, -0.1) is 0 Å². The molecule has 1 heterocycles. The molecular formula is C13H17N3O3. The minimum atomic E-state index is -0.453. The molecule has 0 saturated heterocycles. The van der Waals surface area contributed by atoms with Gasteiger partial charge in [0.2, 0.25) is 5.91 Å². The van der Waals surface area contributed by atoms with Crippen LogP contribution in [0.25, 0.3) is 11.1 Å². The first-order valence-electron chi connectivity index (χ1n) is 6.28. The van der Waals surface area contributed by atoms with Crippen LogP contribution in [0.3, 0.4) is 0 Å². The highest BCUT2D eigenvalue weighted by molar-refractivity contribution is 5.78. The fraction of sp³-hybridized carbons (Fsp3) is 0.385. The van der Waals surface area contributed by atoms with Crippen LogP contribution >= 0.6 is 0 Å². The Morgan fingerprint density at radius 2 is 2.26 bits per heavy atom. The molecule has 0 atom stereocenters. The molecule has 0 bridgehead atoms. The molecule has 102 valence electrons.